The first kappa shape index (κ1) is 21.3. The molecule has 3 aromatic carbocycles. The van der Waals surface area contributed by atoms with Gasteiger partial charge in [0.2, 0.25) is 0 Å². The molecule has 154 valence electrons. The highest BCUT2D eigenvalue weighted by Gasteiger charge is 2.06. The SMILES string of the molecule is Cc1ccc(NC(=O)CON=Cc2cc(Cl)ccc2OCc2ccc(F)cc2)cc1. The van der Waals surface area contributed by atoms with Crippen molar-refractivity contribution < 1.29 is 18.8 Å². The number of anilines is 1. The molecular formula is C23H20ClFN2O3. The van der Waals surface area contributed by atoms with Crippen molar-refractivity contribution in [3.8, 4) is 5.75 Å². The highest BCUT2D eigenvalue weighted by molar-refractivity contribution is 6.30. The van der Waals surface area contributed by atoms with E-state index in [1.165, 1.54) is 18.3 Å². The van der Waals surface area contributed by atoms with Crippen LogP contribution in [0.3, 0.4) is 0 Å². The molecular weight excluding hydrogens is 407 g/mol. The Labute approximate surface area is 179 Å². The Kier molecular flexibility index (Phi) is 7.40. The van der Waals surface area contributed by atoms with E-state index in [2.05, 4.69) is 10.5 Å². The summed E-state index contributed by atoms with van der Waals surface area (Å²) >= 11 is 6.05. The Balaban J connectivity index is 1.55. The summed E-state index contributed by atoms with van der Waals surface area (Å²) in [6, 6.07) is 18.5. The van der Waals surface area contributed by atoms with Gasteiger partial charge in [0, 0.05) is 16.3 Å². The molecule has 1 amide bonds. The second-order valence-corrected chi connectivity index (χ2v) is 6.96. The fourth-order valence-corrected chi connectivity index (χ4v) is 2.70. The molecule has 0 aromatic heterocycles. The van der Waals surface area contributed by atoms with E-state index in [9.17, 15) is 9.18 Å². The number of benzene rings is 3. The predicted molar refractivity (Wildman–Crippen MR) is 116 cm³/mol. The third kappa shape index (κ3) is 6.60. The average Bonchev–Trinajstić information content (AvgIpc) is 2.73. The van der Waals surface area contributed by atoms with Gasteiger partial charge in [0.1, 0.15) is 18.2 Å². The third-order valence-electron chi connectivity index (χ3n) is 4.08. The van der Waals surface area contributed by atoms with Crippen LogP contribution in [0.1, 0.15) is 16.7 Å². The number of carbonyl (C=O) groups excluding carboxylic acids is 1. The molecule has 3 aromatic rings. The number of nitrogens with zero attached hydrogens (tertiary/aromatic N) is 1. The van der Waals surface area contributed by atoms with Crippen molar-refractivity contribution in [3.63, 3.8) is 0 Å². The largest absolute Gasteiger partial charge is 0.488 e. The van der Waals surface area contributed by atoms with Crippen molar-refractivity contribution >= 4 is 29.4 Å². The Morgan fingerprint density at radius 2 is 1.83 bits per heavy atom. The van der Waals surface area contributed by atoms with Gasteiger partial charge in [-0.1, -0.05) is 46.6 Å². The van der Waals surface area contributed by atoms with Crippen LogP contribution >= 0.6 is 11.6 Å². The molecule has 0 aliphatic heterocycles. The summed E-state index contributed by atoms with van der Waals surface area (Å²) < 4.78 is 18.8. The monoisotopic (exact) mass is 426 g/mol. The van der Waals surface area contributed by atoms with E-state index in [0.29, 0.717) is 22.0 Å². The van der Waals surface area contributed by atoms with Crippen LogP contribution in [0.4, 0.5) is 10.1 Å². The van der Waals surface area contributed by atoms with Crippen molar-refractivity contribution in [2.45, 2.75) is 13.5 Å². The number of halogens is 2. The number of nitrogens with one attached hydrogen (secondary N) is 1. The molecule has 0 spiro atoms. The summed E-state index contributed by atoms with van der Waals surface area (Å²) in [5, 5.41) is 7.05. The van der Waals surface area contributed by atoms with Gasteiger partial charge < -0.3 is 14.9 Å². The number of rotatable bonds is 8. The smallest absolute Gasteiger partial charge is 0.265 e. The Morgan fingerprint density at radius 3 is 2.57 bits per heavy atom. The number of hydrogen-bond acceptors (Lipinski definition) is 4. The maximum Gasteiger partial charge on any atom is 0.265 e. The minimum atomic E-state index is -0.324. The minimum absolute atomic E-state index is 0.239. The molecule has 5 nitrogen and oxygen atoms in total. The van der Waals surface area contributed by atoms with Gasteiger partial charge in [-0.25, -0.2) is 4.39 Å². The fraction of sp³-hybridized carbons (Fsp3) is 0.130. The number of oxime groups is 1. The molecule has 0 aliphatic rings. The topological polar surface area (TPSA) is 59.9 Å². The summed E-state index contributed by atoms with van der Waals surface area (Å²) in [6.45, 7) is 1.98. The van der Waals surface area contributed by atoms with Gasteiger partial charge in [0.15, 0.2) is 6.61 Å². The number of ether oxygens (including phenoxy) is 1. The first-order valence-electron chi connectivity index (χ1n) is 9.18. The van der Waals surface area contributed by atoms with Gasteiger partial charge in [0.25, 0.3) is 5.91 Å². The lowest BCUT2D eigenvalue weighted by Gasteiger charge is -2.09. The quantitative estimate of drug-likeness (QED) is 0.390. The van der Waals surface area contributed by atoms with Crippen LogP contribution in [-0.2, 0) is 16.2 Å². The lowest BCUT2D eigenvalue weighted by Crippen LogP contribution is -2.16. The van der Waals surface area contributed by atoms with E-state index >= 15 is 0 Å². The second-order valence-electron chi connectivity index (χ2n) is 6.52. The van der Waals surface area contributed by atoms with Gasteiger partial charge in [-0.2, -0.15) is 0 Å². The van der Waals surface area contributed by atoms with E-state index in [0.717, 1.165) is 11.1 Å². The predicted octanol–water partition coefficient (Wildman–Crippen LogP) is 5.36. The first-order chi connectivity index (χ1) is 14.5. The summed E-state index contributed by atoms with van der Waals surface area (Å²) in [6.07, 6.45) is 1.42. The van der Waals surface area contributed by atoms with E-state index in [1.54, 1.807) is 30.3 Å². The van der Waals surface area contributed by atoms with Crippen LogP contribution in [0.25, 0.3) is 0 Å². The van der Waals surface area contributed by atoms with Gasteiger partial charge in [-0.15, -0.1) is 0 Å². The number of carbonyl (C=O) groups is 1. The maximum absolute atomic E-state index is 13.0. The summed E-state index contributed by atoms with van der Waals surface area (Å²) in [5.74, 6) is -0.100. The first-order valence-corrected chi connectivity index (χ1v) is 9.56. The summed E-state index contributed by atoms with van der Waals surface area (Å²) in [5.41, 5.74) is 3.19. The standard InChI is InChI=1S/C23H20ClFN2O3/c1-16-2-9-21(10-3-16)27-23(28)15-30-26-13-18-12-19(24)6-11-22(18)29-14-17-4-7-20(25)8-5-17/h2-13H,14-15H2,1H3,(H,27,28). The van der Waals surface area contributed by atoms with E-state index < -0.39 is 0 Å². The lowest BCUT2D eigenvalue weighted by molar-refractivity contribution is -0.120. The van der Waals surface area contributed by atoms with Gasteiger partial charge in [0.05, 0.1) is 6.21 Å². The van der Waals surface area contributed by atoms with Gasteiger partial charge in [-0.3, -0.25) is 4.79 Å². The van der Waals surface area contributed by atoms with Crippen LogP contribution in [0.5, 0.6) is 5.75 Å². The maximum atomic E-state index is 13.0. The average molecular weight is 427 g/mol. The molecule has 0 radical (unpaired) electrons. The van der Waals surface area contributed by atoms with Crippen LogP contribution in [0.2, 0.25) is 5.02 Å². The molecule has 0 aliphatic carbocycles. The lowest BCUT2D eigenvalue weighted by atomic mass is 10.2. The Morgan fingerprint density at radius 1 is 1.10 bits per heavy atom. The fourth-order valence-electron chi connectivity index (χ4n) is 2.52. The van der Waals surface area contributed by atoms with Gasteiger partial charge >= 0.3 is 0 Å². The van der Waals surface area contributed by atoms with Crippen LogP contribution in [0, 0.1) is 12.7 Å². The summed E-state index contributed by atoms with van der Waals surface area (Å²) in [4.78, 5) is 17.0. The van der Waals surface area contributed by atoms with Crippen molar-refractivity contribution in [1.82, 2.24) is 0 Å². The molecule has 1 N–H and O–H groups in total. The van der Waals surface area contributed by atoms with Crippen LogP contribution in [0.15, 0.2) is 71.9 Å². The highest BCUT2D eigenvalue weighted by atomic mass is 35.5. The molecule has 0 fully saturated rings. The van der Waals surface area contributed by atoms with Crippen molar-refractivity contribution in [1.29, 1.82) is 0 Å². The zero-order valence-electron chi connectivity index (χ0n) is 16.3. The number of hydrogen-bond donors (Lipinski definition) is 1. The molecule has 0 saturated carbocycles. The Bertz CT molecular complexity index is 1020. The normalized spacial score (nSPS) is 10.8. The molecule has 3 rings (SSSR count). The van der Waals surface area contributed by atoms with Crippen LogP contribution < -0.4 is 10.1 Å². The highest BCUT2D eigenvalue weighted by Crippen LogP contribution is 2.22. The van der Waals surface area contributed by atoms with Gasteiger partial charge in [-0.05, 0) is 55.0 Å². The van der Waals surface area contributed by atoms with E-state index in [-0.39, 0.29) is 24.9 Å². The molecule has 30 heavy (non-hydrogen) atoms. The molecule has 7 heteroatoms. The zero-order valence-corrected chi connectivity index (χ0v) is 17.0. The number of aryl methyl sites for hydroxylation is 1. The van der Waals surface area contributed by atoms with E-state index in [1.807, 2.05) is 31.2 Å². The Hall–Kier alpha value is -3.38. The zero-order chi connectivity index (χ0) is 21.3. The van der Waals surface area contributed by atoms with Crippen molar-refractivity contribution in [2.75, 3.05) is 11.9 Å². The minimum Gasteiger partial charge on any atom is -0.488 e. The molecule has 0 saturated heterocycles. The summed E-state index contributed by atoms with van der Waals surface area (Å²) in [7, 11) is 0. The number of amides is 1. The van der Waals surface area contributed by atoms with Crippen molar-refractivity contribution in [3.05, 3.63) is 94.3 Å². The van der Waals surface area contributed by atoms with Crippen LogP contribution in [-0.4, -0.2) is 18.7 Å². The molecule has 0 atom stereocenters. The third-order valence-corrected chi connectivity index (χ3v) is 4.31. The molecule has 0 bridgehead atoms. The molecule has 0 heterocycles. The second kappa shape index (κ2) is 10.4. The van der Waals surface area contributed by atoms with E-state index in [4.69, 9.17) is 21.2 Å². The van der Waals surface area contributed by atoms with Crippen molar-refractivity contribution in [2.24, 2.45) is 5.16 Å². The molecule has 0 unspecified atom stereocenters.